The minimum absolute atomic E-state index is 0.162. The first-order valence-electron chi connectivity index (χ1n) is 9.24. The van der Waals surface area contributed by atoms with Gasteiger partial charge in [0.2, 0.25) is 12.3 Å². The van der Waals surface area contributed by atoms with Gasteiger partial charge in [-0.15, -0.1) is 0 Å². The van der Waals surface area contributed by atoms with E-state index in [1.165, 1.54) is 6.92 Å². The van der Waals surface area contributed by atoms with E-state index in [1.54, 1.807) is 58.3 Å². The highest BCUT2D eigenvalue weighted by Gasteiger charge is 2.22. The first-order valence-corrected chi connectivity index (χ1v) is 9.24. The molecule has 2 aromatic rings. The second-order valence-electron chi connectivity index (χ2n) is 6.73. The molecule has 1 fully saturated rings. The topological polar surface area (TPSA) is 98.8 Å². The van der Waals surface area contributed by atoms with Gasteiger partial charge in [-0.3, -0.25) is 19.2 Å². The molecule has 0 aromatic heterocycles. The first kappa shape index (κ1) is 20.1. The number of nitrogens with zero attached hydrogens (tertiary/aromatic N) is 2. The molecule has 2 N–H and O–H groups in total. The van der Waals surface area contributed by atoms with Crippen molar-refractivity contribution in [2.75, 3.05) is 36.8 Å². The van der Waals surface area contributed by atoms with Gasteiger partial charge in [0.05, 0.1) is 0 Å². The van der Waals surface area contributed by atoms with E-state index in [2.05, 4.69) is 10.6 Å². The number of hydrogen-bond acceptors (Lipinski definition) is 4. The Morgan fingerprint density at radius 1 is 0.862 bits per heavy atom. The van der Waals surface area contributed by atoms with Gasteiger partial charge in [-0.25, -0.2) is 0 Å². The van der Waals surface area contributed by atoms with Crippen LogP contribution in [0.1, 0.15) is 27.6 Å². The fourth-order valence-electron chi connectivity index (χ4n) is 3.05. The average Bonchev–Trinajstić information content (AvgIpc) is 2.74. The Labute approximate surface area is 168 Å². The van der Waals surface area contributed by atoms with Crippen LogP contribution in [-0.2, 0) is 9.59 Å². The van der Waals surface area contributed by atoms with Gasteiger partial charge in [0.25, 0.3) is 11.8 Å². The summed E-state index contributed by atoms with van der Waals surface area (Å²) >= 11 is 0. The summed E-state index contributed by atoms with van der Waals surface area (Å²) in [6, 6.07) is 13.3. The molecule has 8 heteroatoms. The molecular weight excluding hydrogens is 372 g/mol. The highest BCUT2D eigenvalue weighted by molar-refractivity contribution is 6.06. The fraction of sp³-hybridized carbons (Fsp3) is 0.238. The van der Waals surface area contributed by atoms with Crippen LogP contribution < -0.4 is 10.6 Å². The van der Waals surface area contributed by atoms with Crippen LogP contribution in [-0.4, -0.2) is 60.1 Å². The van der Waals surface area contributed by atoms with Gasteiger partial charge >= 0.3 is 0 Å². The minimum Gasteiger partial charge on any atom is -0.342 e. The molecule has 4 amide bonds. The minimum atomic E-state index is -0.335. The number of nitrogens with one attached hydrogen (secondary N) is 2. The highest BCUT2D eigenvalue weighted by Crippen LogP contribution is 2.16. The van der Waals surface area contributed by atoms with Gasteiger partial charge in [0.15, 0.2) is 0 Å². The number of benzene rings is 2. The van der Waals surface area contributed by atoms with E-state index >= 15 is 0 Å². The van der Waals surface area contributed by atoms with E-state index in [-0.39, 0.29) is 17.7 Å². The van der Waals surface area contributed by atoms with E-state index in [0.717, 1.165) is 6.41 Å². The van der Waals surface area contributed by atoms with Gasteiger partial charge in [-0.1, -0.05) is 6.07 Å². The van der Waals surface area contributed by atoms with Crippen molar-refractivity contribution in [1.82, 2.24) is 9.80 Å². The predicted molar refractivity (Wildman–Crippen MR) is 109 cm³/mol. The van der Waals surface area contributed by atoms with Crippen LogP contribution in [0.15, 0.2) is 48.5 Å². The highest BCUT2D eigenvalue weighted by atomic mass is 16.2. The van der Waals surface area contributed by atoms with Crippen molar-refractivity contribution >= 4 is 35.5 Å². The molecule has 29 heavy (non-hydrogen) atoms. The number of carbonyl (C=O) groups excluding carboxylic acids is 4. The maximum Gasteiger partial charge on any atom is 0.255 e. The molecule has 2 aromatic carbocycles. The van der Waals surface area contributed by atoms with Crippen molar-refractivity contribution in [1.29, 1.82) is 0 Å². The second kappa shape index (κ2) is 9.01. The molecule has 0 aliphatic carbocycles. The van der Waals surface area contributed by atoms with Gasteiger partial charge in [0.1, 0.15) is 0 Å². The third-order valence-corrected chi connectivity index (χ3v) is 4.59. The molecule has 1 aliphatic rings. The largest absolute Gasteiger partial charge is 0.342 e. The molecule has 3 rings (SSSR count). The Hall–Kier alpha value is -3.68. The van der Waals surface area contributed by atoms with Crippen molar-refractivity contribution < 1.29 is 19.2 Å². The molecule has 0 spiro atoms. The van der Waals surface area contributed by atoms with Gasteiger partial charge < -0.3 is 20.4 Å². The van der Waals surface area contributed by atoms with Crippen LogP contribution in [0.3, 0.4) is 0 Å². The molecule has 0 bridgehead atoms. The summed E-state index contributed by atoms with van der Waals surface area (Å²) in [5, 5.41) is 5.43. The number of hydrogen-bond donors (Lipinski definition) is 2. The molecule has 1 heterocycles. The standard InChI is InChI=1S/C21H22N4O4/c1-15(27)22-18-5-7-19(8-6-18)23-20(28)16-3-2-4-17(13-16)21(29)25-11-9-24(14-26)10-12-25/h2-8,13-14H,9-12H2,1H3,(H,22,27)(H,23,28). The summed E-state index contributed by atoms with van der Waals surface area (Å²) in [7, 11) is 0. The van der Waals surface area contributed by atoms with Crippen molar-refractivity contribution in [3.8, 4) is 0 Å². The predicted octanol–water partition coefficient (Wildman–Crippen LogP) is 1.81. The molecule has 0 unspecified atom stereocenters. The summed E-state index contributed by atoms with van der Waals surface area (Å²) in [6.45, 7) is 3.36. The van der Waals surface area contributed by atoms with Gasteiger partial charge in [-0.2, -0.15) is 0 Å². The van der Waals surface area contributed by atoms with Gasteiger partial charge in [-0.05, 0) is 42.5 Å². The van der Waals surface area contributed by atoms with Crippen LogP contribution in [0.4, 0.5) is 11.4 Å². The SMILES string of the molecule is CC(=O)Nc1ccc(NC(=O)c2cccc(C(=O)N3CCN(C=O)CC3)c2)cc1. The normalized spacial score (nSPS) is 13.6. The molecule has 1 aliphatic heterocycles. The Kier molecular flexibility index (Phi) is 6.23. The van der Waals surface area contributed by atoms with Crippen molar-refractivity contribution in [3.05, 3.63) is 59.7 Å². The van der Waals surface area contributed by atoms with Crippen LogP contribution in [0.25, 0.3) is 0 Å². The number of anilines is 2. The number of carbonyl (C=O) groups is 4. The summed E-state index contributed by atoms with van der Waals surface area (Å²) in [6.07, 6.45) is 0.787. The number of rotatable bonds is 5. The van der Waals surface area contributed by atoms with E-state index in [9.17, 15) is 19.2 Å². The summed E-state index contributed by atoms with van der Waals surface area (Å²) in [5.74, 6) is -0.668. The Balaban J connectivity index is 1.65. The smallest absolute Gasteiger partial charge is 0.255 e. The zero-order chi connectivity index (χ0) is 20.8. The molecular formula is C21H22N4O4. The molecule has 0 saturated carbocycles. The van der Waals surface area contributed by atoms with Crippen LogP contribution in [0.5, 0.6) is 0 Å². The lowest BCUT2D eigenvalue weighted by atomic mass is 10.1. The summed E-state index contributed by atoms with van der Waals surface area (Å²) in [5.41, 5.74) is 2.01. The zero-order valence-corrected chi connectivity index (χ0v) is 16.1. The van der Waals surface area contributed by atoms with Gasteiger partial charge in [0, 0.05) is 55.6 Å². The number of piperazine rings is 1. The van der Waals surface area contributed by atoms with Crippen LogP contribution >= 0.6 is 0 Å². The zero-order valence-electron chi connectivity index (χ0n) is 16.1. The molecule has 8 nitrogen and oxygen atoms in total. The lowest BCUT2D eigenvalue weighted by molar-refractivity contribution is -0.119. The third kappa shape index (κ3) is 5.19. The van der Waals surface area contributed by atoms with Crippen LogP contribution in [0, 0.1) is 0 Å². The second-order valence-corrected chi connectivity index (χ2v) is 6.73. The van der Waals surface area contributed by atoms with E-state index in [1.807, 2.05) is 0 Å². The first-order chi connectivity index (χ1) is 14.0. The lowest BCUT2D eigenvalue weighted by Crippen LogP contribution is -2.48. The fourth-order valence-corrected chi connectivity index (χ4v) is 3.05. The van der Waals surface area contributed by atoms with E-state index in [4.69, 9.17) is 0 Å². The average molecular weight is 394 g/mol. The van der Waals surface area contributed by atoms with E-state index < -0.39 is 0 Å². The van der Waals surface area contributed by atoms with Crippen LogP contribution in [0.2, 0.25) is 0 Å². The summed E-state index contributed by atoms with van der Waals surface area (Å²) < 4.78 is 0. The quantitative estimate of drug-likeness (QED) is 0.756. The Bertz CT molecular complexity index is 919. The maximum atomic E-state index is 12.7. The maximum absolute atomic E-state index is 12.7. The van der Waals surface area contributed by atoms with Crippen molar-refractivity contribution in [2.45, 2.75) is 6.92 Å². The van der Waals surface area contributed by atoms with Crippen molar-refractivity contribution in [2.24, 2.45) is 0 Å². The van der Waals surface area contributed by atoms with Crippen molar-refractivity contribution in [3.63, 3.8) is 0 Å². The molecule has 0 radical (unpaired) electrons. The Morgan fingerprint density at radius 2 is 1.45 bits per heavy atom. The number of amides is 4. The summed E-state index contributed by atoms with van der Waals surface area (Å²) in [4.78, 5) is 50.4. The third-order valence-electron chi connectivity index (χ3n) is 4.59. The molecule has 1 saturated heterocycles. The van der Waals surface area contributed by atoms with E-state index in [0.29, 0.717) is 48.7 Å². The molecule has 0 atom stereocenters. The monoisotopic (exact) mass is 394 g/mol. The Morgan fingerprint density at radius 3 is 2.03 bits per heavy atom. The molecule has 150 valence electrons. The lowest BCUT2D eigenvalue weighted by Gasteiger charge is -2.32.